The summed E-state index contributed by atoms with van der Waals surface area (Å²) in [5, 5.41) is 36.2. The number of likely N-dealkylation sites (N-methyl/N-ethyl adjacent to an activating group) is 1. The Kier molecular flexibility index (Phi) is 4.19. The number of aliphatic hydroxyl groups excluding tert-OH is 1. The van der Waals surface area contributed by atoms with Crippen LogP contribution in [0.2, 0.25) is 0 Å². The summed E-state index contributed by atoms with van der Waals surface area (Å²) < 4.78 is 18.1. The maximum absolute atomic E-state index is 12.5. The molecule has 1 aliphatic heterocycles. The molecule has 1 spiro atoms. The number of hydrogen-bond donors (Lipinski definition) is 3. The van der Waals surface area contributed by atoms with Gasteiger partial charge >= 0.3 is 0 Å². The predicted molar refractivity (Wildman–Crippen MR) is 108 cm³/mol. The smallest absolute Gasteiger partial charge is 0.0835 e. The molecular formula is C23H37NO6. The van der Waals surface area contributed by atoms with Crippen LogP contribution in [0.1, 0.15) is 32.6 Å². The zero-order chi connectivity index (χ0) is 21.2. The molecule has 7 nitrogen and oxygen atoms in total. The fraction of sp³-hybridized carbons (Fsp3) is 1.00. The Bertz CT molecular complexity index is 736. The molecule has 1 heterocycles. The molecule has 3 N–H and O–H groups in total. The summed E-state index contributed by atoms with van der Waals surface area (Å²) >= 11 is 0. The lowest BCUT2D eigenvalue weighted by atomic mass is 9.45. The van der Waals surface area contributed by atoms with E-state index in [-0.39, 0.29) is 53.9 Å². The van der Waals surface area contributed by atoms with Gasteiger partial charge in [-0.2, -0.15) is 0 Å². The van der Waals surface area contributed by atoms with Crippen LogP contribution in [0.5, 0.6) is 0 Å². The third kappa shape index (κ3) is 1.91. The van der Waals surface area contributed by atoms with Gasteiger partial charge in [0.05, 0.1) is 35.6 Å². The van der Waals surface area contributed by atoms with Crippen molar-refractivity contribution in [1.82, 2.24) is 4.90 Å². The number of piperidine rings is 1. The van der Waals surface area contributed by atoms with Gasteiger partial charge < -0.3 is 29.5 Å². The van der Waals surface area contributed by atoms with Gasteiger partial charge in [0.25, 0.3) is 0 Å². The Hall–Kier alpha value is -0.280. The van der Waals surface area contributed by atoms with Gasteiger partial charge in [-0.15, -0.1) is 0 Å². The average molecular weight is 424 g/mol. The van der Waals surface area contributed by atoms with Crippen LogP contribution in [0, 0.1) is 35.0 Å². The van der Waals surface area contributed by atoms with Gasteiger partial charge in [0, 0.05) is 69.4 Å². The molecule has 5 aliphatic carbocycles. The third-order valence-electron chi connectivity index (χ3n) is 10.7. The highest BCUT2D eigenvalue weighted by Gasteiger charge is 2.86. The van der Waals surface area contributed by atoms with Crippen LogP contribution in [0.15, 0.2) is 0 Å². The van der Waals surface area contributed by atoms with Crippen molar-refractivity contribution in [2.45, 2.75) is 74.3 Å². The number of hydrogen-bond acceptors (Lipinski definition) is 7. The first-order chi connectivity index (χ1) is 14.3. The van der Waals surface area contributed by atoms with Gasteiger partial charge in [0.15, 0.2) is 0 Å². The van der Waals surface area contributed by atoms with Crippen LogP contribution in [0.25, 0.3) is 0 Å². The number of β-amino-alcohol motifs (C(OH)–C–C–N with tert-alkyl or cyclic N) is 1. The average Bonchev–Trinajstić information content (AvgIpc) is 3.19. The van der Waals surface area contributed by atoms with Crippen LogP contribution in [-0.4, -0.2) is 96.3 Å². The molecule has 13 atom stereocenters. The third-order valence-corrected chi connectivity index (χ3v) is 10.7. The summed E-state index contributed by atoms with van der Waals surface area (Å²) in [7, 11) is 5.19. The second-order valence-electron chi connectivity index (χ2n) is 11.1. The summed E-state index contributed by atoms with van der Waals surface area (Å²) in [5.74, 6) is -0.0990. The van der Waals surface area contributed by atoms with Crippen LogP contribution < -0.4 is 0 Å². The molecule has 13 unspecified atom stereocenters. The molecule has 0 radical (unpaired) electrons. The van der Waals surface area contributed by atoms with E-state index in [1.807, 2.05) is 0 Å². The van der Waals surface area contributed by atoms with Crippen molar-refractivity contribution in [3.05, 3.63) is 0 Å². The number of methoxy groups -OCH3 is 3. The number of nitrogens with zero attached hydrogens (tertiary/aromatic N) is 1. The number of likely N-dealkylation sites (tertiary alicyclic amines) is 1. The minimum absolute atomic E-state index is 0.00568. The van der Waals surface area contributed by atoms with Gasteiger partial charge in [-0.05, 0) is 31.7 Å². The molecule has 0 aromatic heterocycles. The maximum Gasteiger partial charge on any atom is 0.0835 e. The first-order valence-electron chi connectivity index (χ1n) is 11.8. The molecule has 7 heteroatoms. The van der Waals surface area contributed by atoms with Crippen molar-refractivity contribution in [2.75, 3.05) is 34.4 Å². The summed E-state index contributed by atoms with van der Waals surface area (Å²) in [4.78, 5) is 2.35. The van der Waals surface area contributed by atoms with E-state index in [1.54, 1.807) is 21.3 Å². The van der Waals surface area contributed by atoms with Crippen molar-refractivity contribution >= 4 is 0 Å². The summed E-state index contributed by atoms with van der Waals surface area (Å²) in [6, 6.07) is 0.00568. The van der Waals surface area contributed by atoms with Gasteiger partial charge in [0.2, 0.25) is 0 Å². The molecule has 6 rings (SSSR count). The molecule has 7 bridgehead atoms. The molecule has 6 fully saturated rings. The number of fused-ring (bicyclic) bond motifs is 2. The molecular weight excluding hydrogens is 386 g/mol. The summed E-state index contributed by atoms with van der Waals surface area (Å²) in [6.45, 7) is 3.52. The number of rotatable bonds is 4. The van der Waals surface area contributed by atoms with E-state index in [2.05, 4.69) is 11.8 Å². The highest BCUT2D eigenvalue weighted by Crippen LogP contribution is 2.77. The fourth-order valence-corrected chi connectivity index (χ4v) is 10.3. The molecule has 0 amide bonds. The first-order valence-corrected chi connectivity index (χ1v) is 11.8. The molecule has 1 saturated heterocycles. The monoisotopic (exact) mass is 423 g/mol. The molecule has 0 aromatic rings. The highest BCUT2D eigenvalue weighted by molar-refractivity contribution is 5.36. The Labute approximate surface area is 178 Å². The first kappa shape index (κ1) is 20.3. The zero-order valence-corrected chi connectivity index (χ0v) is 18.5. The van der Waals surface area contributed by atoms with Crippen molar-refractivity contribution < 1.29 is 29.5 Å². The van der Waals surface area contributed by atoms with Gasteiger partial charge in [0.1, 0.15) is 0 Å². The standard InChI is InChI=1S/C23H37NO6/c1-5-24-10-21(26)7-6-14(25)23-12-8-11-13(28-2)9-22(27,15(12)17(11)29-3)16(20(23)24)18(30-4)19(21)23/h11-20,25-27H,5-10H2,1-4H3. The topological polar surface area (TPSA) is 91.6 Å². The second-order valence-corrected chi connectivity index (χ2v) is 11.1. The van der Waals surface area contributed by atoms with Crippen LogP contribution in [-0.2, 0) is 14.2 Å². The minimum Gasteiger partial charge on any atom is -0.392 e. The quantitative estimate of drug-likeness (QED) is 0.597. The molecule has 30 heavy (non-hydrogen) atoms. The van der Waals surface area contributed by atoms with E-state index in [1.165, 1.54) is 0 Å². The van der Waals surface area contributed by atoms with Crippen LogP contribution in [0.3, 0.4) is 0 Å². The molecule has 170 valence electrons. The lowest BCUT2D eigenvalue weighted by Gasteiger charge is -2.67. The second kappa shape index (κ2) is 6.19. The van der Waals surface area contributed by atoms with Crippen molar-refractivity contribution in [1.29, 1.82) is 0 Å². The Morgan fingerprint density at radius 3 is 2.40 bits per heavy atom. The number of ether oxygens (including phenoxy) is 3. The van der Waals surface area contributed by atoms with Gasteiger partial charge in [-0.3, -0.25) is 4.90 Å². The normalized spacial score (nSPS) is 63.3. The SMILES string of the molecule is CCN1CC2(O)CCC(O)C34C5CC6C(OC)CC(O)(C5C6OC)C(C(OC)C23)C14. The largest absolute Gasteiger partial charge is 0.392 e. The molecule has 6 aliphatic rings. The number of aliphatic hydroxyl groups is 3. The Morgan fingerprint density at radius 1 is 1.03 bits per heavy atom. The Balaban J connectivity index is 1.63. The maximum atomic E-state index is 12.5. The van der Waals surface area contributed by atoms with Gasteiger partial charge in [-0.25, -0.2) is 0 Å². The summed E-state index contributed by atoms with van der Waals surface area (Å²) in [5.41, 5.74) is -2.36. The van der Waals surface area contributed by atoms with E-state index in [9.17, 15) is 15.3 Å². The van der Waals surface area contributed by atoms with Crippen LogP contribution >= 0.6 is 0 Å². The van der Waals surface area contributed by atoms with E-state index < -0.39 is 22.7 Å². The summed E-state index contributed by atoms with van der Waals surface area (Å²) in [6.07, 6.45) is 1.70. The van der Waals surface area contributed by atoms with Crippen molar-refractivity contribution in [3.8, 4) is 0 Å². The fourth-order valence-electron chi connectivity index (χ4n) is 10.3. The minimum atomic E-state index is -0.995. The van der Waals surface area contributed by atoms with E-state index in [0.29, 0.717) is 25.8 Å². The lowest BCUT2D eigenvalue weighted by Crippen LogP contribution is -2.77. The van der Waals surface area contributed by atoms with Crippen molar-refractivity contribution in [3.63, 3.8) is 0 Å². The van der Waals surface area contributed by atoms with Crippen LogP contribution in [0.4, 0.5) is 0 Å². The zero-order valence-electron chi connectivity index (χ0n) is 18.5. The van der Waals surface area contributed by atoms with E-state index in [0.717, 1.165) is 13.0 Å². The lowest BCUT2D eigenvalue weighted by molar-refractivity contribution is -0.281. The van der Waals surface area contributed by atoms with Crippen molar-refractivity contribution in [2.24, 2.45) is 35.0 Å². The van der Waals surface area contributed by atoms with E-state index >= 15 is 0 Å². The highest BCUT2D eigenvalue weighted by atomic mass is 16.5. The Morgan fingerprint density at radius 2 is 1.77 bits per heavy atom. The van der Waals surface area contributed by atoms with E-state index in [4.69, 9.17) is 14.2 Å². The molecule has 0 aromatic carbocycles. The molecule has 5 saturated carbocycles. The van der Waals surface area contributed by atoms with Gasteiger partial charge in [-0.1, -0.05) is 6.92 Å². The predicted octanol–water partition coefficient (Wildman–Crippen LogP) is 0.254.